The minimum atomic E-state index is 0.202. The highest BCUT2D eigenvalue weighted by Crippen LogP contribution is 2.26. The van der Waals surface area contributed by atoms with Gasteiger partial charge in [0.05, 0.1) is 5.69 Å². The van der Waals surface area contributed by atoms with Crippen LogP contribution >= 0.6 is 0 Å². The summed E-state index contributed by atoms with van der Waals surface area (Å²) in [6.45, 7) is 7.51. The predicted molar refractivity (Wildman–Crippen MR) is 81.1 cm³/mol. The van der Waals surface area contributed by atoms with Crippen molar-refractivity contribution in [3.63, 3.8) is 0 Å². The molecule has 0 fully saturated rings. The molecule has 1 aromatic carbocycles. The van der Waals surface area contributed by atoms with Crippen LogP contribution in [0.3, 0.4) is 0 Å². The summed E-state index contributed by atoms with van der Waals surface area (Å²) in [6.07, 6.45) is 1.87. The largest absolute Gasteiger partial charge is 0.314 e. The molecule has 0 aliphatic heterocycles. The van der Waals surface area contributed by atoms with Crippen molar-refractivity contribution in [2.45, 2.75) is 32.7 Å². The highest BCUT2D eigenvalue weighted by atomic mass is 14.8. The van der Waals surface area contributed by atoms with Gasteiger partial charge in [-0.15, -0.1) is 0 Å². The van der Waals surface area contributed by atoms with E-state index in [1.54, 1.807) is 0 Å². The van der Waals surface area contributed by atoms with Crippen molar-refractivity contribution in [3.8, 4) is 11.1 Å². The lowest BCUT2D eigenvalue weighted by Gasteiger charge is -2.19. The van der Waals surface area contributed by atoms with Crippen LogP contribution in [0.2, 0.25) is 0 Å². The molecule has 0 radical (unpaired) electrons. The van der Waals surface area contributed by atoms with Crippen LogP contribution < -0.4 is 5.32 Å². The van der Waals surface area contributed by atoms with Gasteiger partial charge in [-0.1, -0.05) is 45.0 Å². The van der Waals surface area contributed by atoms with E-state index in [9.17, 15) is 0 Å². The minimum Gasteiger partial charge on any atom is -0.314 e. The van der Waals surface area contributed by atoms with Crippen molar-refractivity contribution in [2.75, 3.05) is 7.05 Å². The second kappa shape index (κ2) is 5.54. The van der Waals surface area contributed by atoms with Gasteiger partial charge in [-0.25, -0.2) is 0 Å². The normalized spacial score (nSPS) is 11.6. The number of nitrogens with one attached hydrogen (secondary N) is 1. The summed E-state index contributed by atoms with van der Waals surface area (Å²) in [6, 6.07) is 13.0. The number of hydrogen-bond donors (Lipinski definition) is 1. The first kappa shape index (κ1) is 13.8. The van der Waals surface area contributed by atoms with Crippen LogP contribution in [0.15, 0.2) is 42.6 Å². The summed E-state index contributed by atoms with van der Waals surface area (Å²) in [5.41, 5.74) is 5.10. The third kappa shape index (κ3) is 3.42. The number of pyridine rings is 1. The molecule has 0 saturated carbocycles. The van der Waals surface area contributed by atoms with Gasteiger partial charge in [-0.2, -0.15) is 0 Å². The minimum absolute atomic E-state index is 0.202. The first-order chi connectivity index (χ1) is 9.00. The molecule has 19 heavy (non-hydrogen) atoms. The van der Waals surface area contributed by atoms with Crippen LogP contribution in [0.25, 0.3) is 11.1 Å². The smallest absolute Gasteiger partial charge is 0.0547 e. The fourth-order valence-corrected chi connectivity index (χ4v) is 2.10. The molecule has 100 valence electrons. The molecule has 1 N–H and O–H groups in total. The van der Waals surface area contributed by atoms with E-state index in [1.165, 1.54) is 16.7 Å². The first-order valence-electron chi connectivity index (χ1n) is 6.71. The van der Waals surface area contributed by atoms with E-state index < -0.39 is 0 Å². The number of hydrogen-bond acceptors (Lipinski definition) is 2. The number of nitrogens with zero attached hydrogens (tertiary/aromatic N) is 1. The van der Waals surface area contributed by atoms with Crippen molar-refractivity contribution in [1.29, 1.82) is 0 Å². The van der Waals surface area contributed by atoms with Crippen LogP contribution in [0.5, 0.6) is 0 Å². The molecule has 0 saturated heterocycles. The van der Waals surface area contributed by atoms with Gasteiger partial charge in [0.1, 0.15) is 0 Å². The molecule has 2 heteroatoms. The molecule has 1 heterocycles. The Morgan fingerprint density at radius 2 is 1.68 bits per heavy atom. The van der Waals surface area contributed by atoms with Gasteiger partial charge in [-0.05, 0) is 41.3 Å². The lowest BCUT2D eigenvalue weighted by molar-refractivity contribution is 0.590. The second-order valence-corrected chi connectivity index (χ2v) is 5.89. The molecule has 0 spiro atoms. The molecule has 0 amide bonds. The van der Waals surface area contributed by atoms with Crippen LogP contribution in [-0.4, -0.2) is 12.0 Å². The lowest BCUT2D eigenvalue weighted by atomic mass is 9.86. The second-order valence-electron chi connectivity index (χ2n) is 5.89. The van der Waals surface area contributed by atoms with Crippen molar-refractivity contribution in [2.24, 2.45) is 0 Å². The Balaban J connectivity index is 2.29. The van der Waals surface area contributed by atoms with Crippen molar-refractivity contribution in [1.82, 2.24) is 10.3 Å². The standard InChI is InChI=1S/C17H22N2/c1-17(2,3)15-7-5-13(6-8-15)14-9-10-19-16(11-14)12-18-4/h5-11,18H,12H2,1-4H3. The van der Waals surface area contributed by atoms with E-state index in [0.717, 1.165) is 12.2 Å². The number of aromatic nitrogens is 1. The third-order valence-corrected chi connectivity index (χ3v) is 3.26. The van der Waals surface area contributed by atoms with Gasteiger partial charge < -0.3 is 5.32 Å². The summed E-state index contributed by atoms with van der Waals surface area (Å²) in [7, 11) is 1.94. The van der Waals surface area contributed by atoms with Gasteiger partial charge in [0, 0.05) is 12.7 Å². The Hall–Kier alpha value is -1.67. The lowest BCUT2D eigenvalue weighted by Crippen LogP contribution is -2.10. The average Bonchev–Trinajstić information content (AvgIpc) is 2.39. The monoisotopic (exact) mass is 254 g/mol. The fourth-order valence-electron chi connectivity index (χ4n) is 2.10. The average molecular weight is 254 g/mol. The van der Waals surface area contributed by atoms with Crippen LogP contribution in [-0.2, 0) is 12.0 Å². The summed E-state index contributed by atoms with van der Waals surface area (Å²) in [5, 5.41) is 3.13. The van der Waals surface area contributed by atoms with E-state index >= 15 is 0 Å². The van der Waals surface area contributed by atoms with Crippen LogP contribution in [0, 0.1) is 0 Å². The van der Waals surface area contributed by atoms with Crippen molar-refractivity contribution in [3.05, 3.63) is 53.9 Å². The Morgan fingerprint density at radius 3 is 2.26 bits per heavy atom. The topological polar surface area (TPSA) is 24.9 Å². The van der Waals surface area contributed by atoms with Crippen LogP contribution in [0.1, 0.15) is 32.0 Å². The van der Waals surface area contributed by atoms with Gasteiger partial charge in [-0.3, -0.25) is 4.98 Å². The summed E-state index contributed by atoms with van der Waals surface area (Å²) in [5.74, 6) is 0. The number of benzene rings is 1. The molecule has 1 aromatic heterocycles. The zero-order valence-corrected chi connectivity index (χ0v) is 12.2. The van der Waals surface area contributed by atoms with Gasteiger partial charge in [0.25, 0.3) is 0 Å². The Bertz CT molecular complexity index is 536. The molecule has 0 bridgehead atoms. The molecular weight excluding hydrogens is 232 g/mol. The molecule has 2 rings (SSSR count). The molecule has 0 aliphatic rings. The summed E-state index contributed by atoms with van der Waals surface area (Å²) >= 11 is 0. The molecular formula is C17H22N2. The quantitative estimate of drug-likeness (QED) is 0.902. The first-order valence-corrected chi connectivity index (χ1v) is 6.71. The third-order valence-electron chi connectivity index (χ3n) is 3.26. The number of rotatable bonds is 3. The van der Waals surface area contributed by atoms with E-state index in [2.05, 4.69) is 67.5 Å². The van der Waals surface area contributed by atoms with Crippen molar-refractivity contribution < 1.29 is 0 Å². The highest BCUT2D eigenvalue weighted by Gasteiger charge is 2.13. The van der Waals surface area contributed by atoms with E-state index in [1.807, 2.05) is 13.2 Å². The highest BCUT2D eigenvalue weighted by molar-refractivity contribution is 5.63. The van der Waals surface area contributed by atoms with E-state index in [-0.39, 0.29) is 5.41 Å². The summed E-state index contributed by atoms with van der Waals surface area (Å²) in [4.78, 5) is 4.35. The zero-order chi connectivity index (χ0) is 13.9. The SMILES string of the molecule is CNCc1cc(-c2ccc(C(C)(C)C)cc2)ccn1. The summed E-state index contributed by atoms with van der Waals surface area (Å²) < 4.78 is 0. The molecule has 0 atom stereocenters. The van der Waals surface area contributed by atoms with Crippen molar-refractivity contribution >= 4 is 0 Å². The van der Waals surface area contributed by atoms with E-state index in [4.69, 9.17) is 0 Å². The Kier molecular flexibility index (Phi) is 4.01. The molecule has 0 unspecified atom stereocenters. The zero-order valence-electron chi connectivity index (χ0n) is 12.2. The Morgan fingerprint density at radius 1 is 1.00 bits per heavy atom. The maximum Gasteiger partial charge on any atom is 0.0547 e. The van der Waals surface area contributed by atoms with Crippen LogP contribution in [0.4, 0.5) is 0 Å². The Labute approximate surface area is 115 Å². The fraction of sp³-hybridized carbons (Fsp3) is 0.353. The predicted octanol–water partition coefficient (Wildman–Crippen LogP) is 3.77. The molecule has 0 aliphatic carbocycles. The molecule has 2 aromatic rings. The van der Waals surface area contributed by atoms with Gasteiger partial charge >= 0.3 is 0 Å². The molecule has 2 nitrogen and oxygen atoms in total. The van der Waals surface area contributed by atoms with E-state index in [0.29, 0.717) is 0 Å². The van der Waals surface area contributed by atoms with Gasteiger partial charge in [0.2, 0.25) is 0 Å². The maximum absolute atomic E-state index is 4.35. The van der Waals surface area contributed by atoms with Gasteiger partial charge in [0.15, 0.2) is 0 Å². The maximum atomic E-state index is 4.35.